The number of halogens is 1. The van der Waals surface area contributed by atoms with Crippen LogP contribution in [0.25, 0.3) is 0 Å². The lowest BCUT2D eigenvalue weighted by Crippen LogP contribution is -2.31. The van der Waals surface area contributed by atoms with Gasteiger partial charge in [0.2, 0.25) is 0 Å². The van der Waals surface area contributed by atoms with Crippen LogP contribution < -0.4 is 19.9 Å². The first-order valence-electron chi connectivity index (χ1n) is 12.2. The lowest BCUT2D eigenvalue weighted by molar-refractivity contribution is 0.0955. The largest absolute Gasteiger partial charge is 0.476 e. The number of nitrogens with zero attached hydrogens (tertiary/aromatic N) is 5. The highest BCUT2D eigenvalue weighted by Crippen LogP contribution is 2.40. The van der Waals surface area contributed by atoms with Crippen molar-refractivity contribution >= 4 is 45.0 Å². The summed E-state index contributed by atoms with van der Waals surface area (Å²) in [5.74, 6) is 0.937. The van der Waals surface area contributed by atoms with Crippen LogP contribution >= 0.6 is 16.1 Å². The fraction of sp³-hybridized carbons (Fsp3) is 0.429. The number of carbonyl (C=O) groups is 2. The van der Waals surface area contributed by atoms with Crippen molar-refractivity contribution in [2.24, 2.45) is 4.02 Å². The molecule has 202 valence electrons. The van der Waals surface area contributed by atoms with Crippen LogP contribution in [0, 0.1) is 11.3 Å². The number of nitrogens with one attached hydrogen (secondary N) is 1. The number of hydrogen-bond acceptors (Lipinski definition) is 7. The number of anilines is 2. The molecule has 0 aliphatic carbocycles. The summed E-state index contributed by atoms with van der Waals surface area (Å²) in [6, 6.07) is 9.52. The van der Waals surface area contributed by atoms with Gasteiger partial charge in [-0.3, -0.25) is 9.59 Å². The van der Waals surface area contributed by atoms with E-state index in [4.69, 9.17) is 10.00 Å². The Bertz CT molecular complexity index is 1320. The van der Waals surface area contributed by atoms with Gasteiger partial charge in [-0.15, -0.1) is 0 Å². The zero-order chi connectivity index (χ0) is 28.4. The summed E-state index contributed by atoms with van der Waals surface area (Å²) in [7, 11) is 9.15. The van der Waals surface area contributed by atoms with Crippen LogP contribution in [0.4, 0.5) is 11.4 Å². The minimum absolute atomic E-state index is 0.0775. The molecule has 0 unspecified atom stereocenters. The highest BCUT2D eigenvalue weighted by molar-refractivity contribution is 9.08. The van der Waals surface area contributed by atoms with E-state index >= 15 is 0 Å². The molecule has 0 aromatic heterocycles. The van der Waals surface area contributed by atoms with Crippen LogP contribution in [0.15, 0.2) is 28.3 Å². The number of ether oxygens (including phenoxy) is 1. The van der Waals surface area contributed by atoms with E-state index < -0.39 is 0 Å². The first kappa shape index (κ1) is 29.0. The number of nitriles is 1. The van der Waals surface area contributed by atoms with E-state index in [0.29, 0.717) is 29.3 Å². The molecule has 0 radical (unpaired) electrons. The van der Waals surface area contributed by atoms with Crippen molar-refractivity contribution in [3.8, 4) is 11.8 Å². The van der Waals surface area contributed by atoms with Gasteiger partial charge in [-0.1, -0.05) is 20.8 Å². The third-order valence-corrected chi connectivity index (χ3v) is 6.79. The first-order valence-corrected chi connectivity index (χ1v) is 12.9. The predicted molar refractivity (Wildman–Crippen MR) is 155 cm³/mol. The lowest BCUT2D eigenvalue weighted by atomic mass is 9.84. The standard InChI is InChI=1S/C28H35BrN6O3/c1-28(2,3)21-11-17(12-23(34(7)8)25(21)38-10-9-30)24(36)16-35-15-18-13-22(33(5)6)20(27(37)31-4)14-19(18)26(35)32-29/h11-14H,10,15-16H2,1-8H3,(H,31,37)/b32-26-. The second-order valence-electron chi connectivity index (χ2n) is 10.7. The second kappa shape index (κ2) is 11.4. The molecule has 3 rings (SSSR count). The van der Waals surface area contributed by atoms with Crippen LogP contribution in [0.2, 0.25) is 0 Å². The number of amidine groups is 1. The molecule has 1 amide bonds. The number of amides is 1. The van der Waals surface area contributed by atoms with Crippen molar-refractivity contribution in [3.63, 3.8) is 0 Å². The molecule has 2 aromatic rings. The van der Waals surface area contributed by atoms with Crippen LogP contribution in [-0.2, 0) is 12.0 Å². The molecule has 1 aliphatic heterocycles. The van der Waals surface area contributed by atoms with Crippen LogP contribution in [0.1, 0.15) is 58.2 Å². The number of rotatable bonds is 8. The van der Waals surface area contributed by atoms with E-state index in [9.17, 15) is 9.59 Å². The monoisotopic (exact) mass is 582 g/mol. The van der Waals surface area contributed by atoms with E-state index in [0.717, 1.165) is 28.1 Å². The van der Waals surface area contributed by atoms with E-state index in [1.165, 1.54) is 0 Å². The Morgan fingerprint density at radius 1 is 1.13 bits per heavy atom. The van der Waals surface area contributed by atoms with Crippen molar-refractivity contribution < 1.29 is 14.3 Å². The minimum atomic E-state index is -0.322. The summed E-state index contributed by atoms with van der Waals surface area (Å²) in [5.41, 5.74) is 4.94. The summed E-state index contributed by atoms with van der Waals surface area (Å²) in [6.07, 6.45) is 0. The number of ketones is 1. The maximum Gasteiger partial charge on any atom is 0.253 e. The van der Waals surface area contributed by atoms with Crippen molar-refractivity contribution in [1.82, 2.24) is 10.2 Å². The van der Waals surface area contributed by atoms with Crippen molar-refractivity contribution in [3.05, 3.63) is 52.1 Å². The zero-order valence-corrected chi connectivity index (χ0v) is 24.9. The molecule has 0 saturated heterocycles. The highest BCUT2D eigenvalue weighted by Gasteiger charge is 2.31. The van der Waals surface area contributed by atoms with Gasteiger partial charge in [-0.2, -0.15) is 9.28 Å². The van der Waals surface area contributed by atoms with Gasteiger partial charge in [0.05, 0.1) is 33.9 Å². The van der Waals surface area contributed by atoms with E-state index in [2.05, 4.69) is 25.5 Å². The lowest BCUT2D eigenvalue weighted by Gasteiger charge is -2.28. The molecular weight excluding hydrogens is 548 g/mol. The summed E-state index contributed by atoms with van der Waals surface area (Å²) >= 11 is 3.24. The smallest absolute Gasteiger partial charge is 0.253 e. The molecule has 9 nitrogen and oxygen atoms in total. The van der Waals surface area contributed by atoms with Gasteiger partial charge in [0, 0.05) is 64.2 Å². The SMILES string of the molecule is CNC(=O)c1cc2c(cc1N(C)C)CN(CC(=O)c1cc(N(C)C)c(OCC#N)c(C(C)(C)C)c1)/C2=N\Br. The fourth-order valence-electron chi connectivity index (χ4n) is 4.52. The Hall–Kier alpha value is -3.58. The molecule has 0 saturated carbocycles. The van der Waals surface area contributed by atoms with Crippen molar-refractivity contribution in [2.45, 2.75) is 32.7 Å². The van der Waals surface area contributed by atoms with Crippen molar-refractivity contribution in [2.75, 3.05) is 58.2 Å². The molecule has 1 heterocycles. The number of fused-ring (bicyclic) bond motifs is 1. The zero-order valence-electron chi connectivity index (χ0n) is 23.3. The van der Waals surface area contributed by atoms with Gasteiger partial charge in [-0.25, -0.2) is 0 Å². The maximum atomic E-state index is 13.7. The van der Waals surface area contributed by atoms with Crippen molar-refractivity contribution in [1.29, 1.82) is 5.26 Å². The van der Waals surface area contributed by atoms with Gasteiger partial charge < -0.3 is 24.8 Å². The van der Waals surface area contributed by atoms with Crippen LogP contribution in [0.5, 0.6) is 5.75 Å². The topological polar surface area (TPSA) is 101 Å². The second-order valence-corrected chi connectivity index (χ2v) is 11.0. The highest BCUT2D eigenvalue weighted by atomic mass is 79.9. The third kappa shape index (κ3) is 5.78. The van der Waals surface area contributed by atoms with Gasteiger partial charge in [0.25, 0.3) is 5.91 Å². The third-order valence-electron chi connectivity index (χ3n) is 6.45. The number of carbonyl (C=O) groups excluding carboxylic acids is 2. The Morgan fingerprint density at radius 2 is 1.79 bits per heavy atom. The summed E-state index contributed by atoms with van der Waals surface area (Å²) in [6.45, 7) is 6.65. The number of benzene rings is 2. The molecule has 38 heavy (non-hydrogen) atoms. The number of Topliss-reactive ketones (excluding diaryl/α,β-unsaturated/α-hetero) is 1. The minimum Gasteiger partial charge on any atom is -0.476 e. The summed E-state index contributed by atoms with van der Waals surface area (Å²) < 4.78 is 10.1. The molecule has 0 fully saturated rings. The molecule has 10 heteroatoms. The average Bonchev–Trinajstić information content (AvgIpc) is 3.20. The molecule has 0 bridgehead atoms. The predicted octanol–water partition coefficient (Wildman–Crippen LogP) is 4.13. The van der Waals surface area contributed by atoms with Crippen LogP contribution in [0.3, 0.4) is 0 Å². The Labute approximate surface area is 233 Å². The van der Waals surface area contributed by atoms with E-state index in [1.807, 2.05) is 94.0 Å². The molecule has 1 N–H and O–H groups in total. The Morgan fingerprint density at radius 3 is 2.32 bits per heavy atom. The van der Waals surface area contributed by atoms with Crippen LogP contribution in [-0.4, -0.2) is 70.8 Å². The average molecular weight is 584 g/mol. The maximum absolute atomic E-state index is 13.7. The molecule has 0 atom stereocenters. The summed E-state index contributed by atoms with van der Waals surface area (Å²) in [5, 5.41) is 11.8. The Balaban J connectivity index is 2.02. The molecular formula is C28H35BrN6O3. The van der Waals surface area contributed by atoms with Gasteiger partial charge in [-0.05, 0) is 35.2 Å². The van der Waals surface area contributed by atoms with E-state index in [-0.39, 0.29) is 30.3 Å². The molecule has 1 aliphatic rings. The summed E-state index contributed by atoms with van der Waals surface area (Å²) in [4.78, 5) is 32.0. The fourth-order valence-corrected chi connectivity index (χ4v) is 4.94. The van der Waals surface area contributed by atoms with Gasteiger partial charge >= 0.3 is 0 Å². The Kier molecular flexibility index (Phi) is 8.72. The normalized spacial score (nSPS) is 13.7. The molecule has 2 aromatic carbocycles. The first-order chi connectivity index (χ1) is 17.8. The quantitative estimate of drug-likeness (QED) is 0.467. The molecule has 0 spiro atoms. The number of hydrogen-bond donors (Lipinski definition) is 1. The van der Waals surface area contributed by atoms with Gasteiger partial charge in [0.1, 0.15) is 17.7 Å². The van der Waals surface area contributed by atoms with E-state index in [1.54, 1.807) is 7.05 Å². The van der Waals surface area contributed by atoms with Gasteiger partial charge in [0.15, 0.2) is 12.4 Å².